The number of hydrogen-bond donors (Lipinski definition) is 0. The van der Waals surface area contributed by atoms with Crippen LogP contribution >= 0.6 is 11.8 Å². The molecule has 0 aliphatic carbocycles. The summed E-state index contributed by atoms with van der Waals surface area (Å²) in [5.74, 6) is 0.182. The molecule has 78 valence electrons. The highest BCUT2D eigenvalue weighted by molar-refractivity contribution is 8.14. The molecular weight excluding hydrogens is 212 g/mol. The van der Waals surface area contributed by atoms with E-state index in [9.17, 15) is 9.59 Å². The van der Waals surface area contributed by atoms with Crippen LogP contribution in [0.4, 0.5) is 4.79 Å². The quantitative estimate of drug-likeness (QED) is 0.774. The van der Waals surface area contributed by atoms with Gasteiger partial charge in [-0.3, -0.25) is 19.5 Å². The normalized spacial score (nSPS) is 16.1. The van der Waals surface area contributed by atoms with Crippen molar-refractivity contribution in [2.75, 3.05) is 12.3 Å². The molecule has 0 saturated carbocycles. The summed E-state index contributed by atoms with van der Waals surface area (Å²) in [6, 6.07) is 5.62. The number of carbonyl (C=O) groups excluding carboxylic acids is 2. The highest BCUT2D eigenvalue weighted by atomic mass is 32.2. The zero-order valence-electron chi connectivity index (χ0n) is 8.05. The van der Waals surface area contributed by atoms with E-state index < -0.39 is 0 Å². The second-order valence-electron chi connectivity index (χ2n) is 3.17. The van der Waals surface area contributed by atoms with Crippen LogP contribution in [-0.2, 0) is 11.2 Å². The molecule has 5 heteroatoms. The molecule has 1 aliphatic heterocycles. The molecule has 0 spiro atoms. The molecule has 1 aromatic rings. The highest BCUT2D eigenvalue weighted by Crippen LogP contribution is 2.18. The van der Waals surface area contributed by atoms with Gasteiger partial charge < -0.3 is 0 Å². The van der Waals surface area contributed by atoms with Gasteiger partial charge >= 0.3 is 0 Å². The number of carbonyl (C=O) groups is 2. The third-order valence-electron chi connectivity index (χ3n) is 2.16. The van der Waals surface area contributed by atoms with Gasteiger partial charge in [0, 0.05) is 24.9 Å². The van der Waals surface area contributed by atoms with E-state index >= 15 is 0 Å². The average Bonchev–Trinajstić information content (AvgIpc) is 2.58. The molecule has 15 heavy (non-hydrogen) atoms. The van der Waals surface area contributed by atoms with Crippen LogP contribution in [0.3, 0.4) is 0 Å². The van der Waals surface area contributed by atoms with Crippen LogP contribution in [0.25, 0.3) is 0 Å². The Morgan fingerprint density at radius 2 is 2.27 bits per heavy atom. The molecule has 1 fully saturated rings. The van der Waals surface area contributed by atoms with E-state index in [-0.39, 0.29) is 16.9 Å². The standard InChI is InChI=1S/C10H10N2O2S/c13-9-7-15-10(14)12(9)6-4-8-3-1-2-5-11-8/h1-3,5H,4,6-7H2. The summed E-state index contributed by atoms with van der Waals surface area (Å²) in [4.78, 5) is 27.9. The van der Waals surface area contributed by atoms with E-state index in [2.05, 4.69) is 4.98 Å². The van der Waals surface area contributed by atoms with Crippen LogP contribution in [0.15, 0.2) is 24.4 Å². The van der Waals surface area contributed by atoms with Crippen LogP contribution in [0.5, 0.6) is 0 Å². The first-order valence-corrected chi connectivity index (χ1v) is 5.63. The Morgan fingerprint density at radius 1 is 1.40 bits per heavy atom. The fourth-order valence-electron chi connectivity index (χ4n) is 1.37. The van der Waals surface area contributed by atoms with E-state index in [1.165, 1.54) is 4.90 Å². The Labute approximate surface area is 91.7 Å². The number of aromatic nitrogens is 1. The van der Waals surface area contributed by atoms with Gasteiger partial charge in [-0.05, 0) is 12.1 Å². The number of nitrogens with zero attached hydrogens (tertiary/aromatic N) is 2. The summed E-state index contributed by atoms with van der Waals surface area (Å²) in [6.45, 7) is 0.432. The van der Waals surface area contributed by atoms with Crippen molar-refractivity contribution in [1.29, 1.82) is 0 Å². The smallest absolute Gasteiger partial charge is 0.273 e. The van der Waals surface area contributed by atoms with E-state index in [4.69, 9.17) is 0 Å². The van der Waals surface area contributed by atoms with Crippen molar-refractivity contribution in [1.82, 2.24) is 9.88 Å². The van der Waals surface area contributed by atoms with Crippen LogP contribution < -0.4 is 0 Å². The van der Waals surface area contributed by atoms with Crippen LogP contribution in [-0.4, -0.2) is 33.3 Å². The fraction of sp³-hybridized carbons (Fsp3) is 0.300. The maximum Gasteiger partial charge on any atom is 0.288 e. The van der Waals surface area contributed by atoms with Gasteiger partial charge in [-0.2, -0.15) is 0 Å². The zero-order chi connectivity index (χ0) is 10.7. The maximum atomic E-state index is 11.3. The molecular formula is C10H10N2O2S. The molecule has 0 unspecified atom stereocenters. The zero-order valence-corrected chi connectivity index (χ0v) is 8.87. The van der Waals surface area contributed by atoms with E-state index in [1.54, 1.807) is 6.20 Å². The molecule has 2 amide bonds. The van der Waals surface area contributed by atoms with Gasteiger partial charge in [0.05, 0.1) is 5.75 Å². The maximum absolute atomic E-state index is 11.3. The summed E-state index contributed by atoms with van der Waals surface area (Å²) < 4.78 is 0. The molecule has 0 N–H and O–H groups in total. The molecule has 0 radical (unpaired) electrons. The Bertz CT molecular complexity index is 364. The Balaban J connectivity index is 1.93. The van der Waals surface area contributed by atoms with E-state index in [1.807, 2.05) is 18.2 Å². The van der Waals surface area contributed by atoms with Gasteiger partial charge in [-0.25, -0.2) is 0 Å². The largest absolute Gasteiger partial charge is 0.288 e. The van der Waals surface area contributed by atoms with Crippen molar-refractivity contribution in [3.63, 3.8) is 0 Å². The minimum absolute atomic E-state index is 0.0964. The van der Waals surface area contributed by atoms with E-state index in [0.29, 0.717) is 13.0 Å². The first-order valence-electron chi connectivity index (χ1n) is 4.64. The molecule has 2 rings (SSSR count). The summed E-state index contributed by atoms with van der Waals surface area (Å²) in [7, 11) is 0. The van der Waals surface area contributed by atoms with Gasteiger partial charge in [-0.1, -0.05) is 17.8 Å². The topological polar surface area (TPSA) is 50.3 Å². The predicted molar refractivity (Wildman–Crippen MR) is 57.5 cm³/mol. The van der Waals surface area contributed by atoms with Crippen LogP contribution in [0.1, 0.15) is 5.69 Å². The van der Waals surface area contributed by atoms with Crippen molar-refractivity contribution >= 4 is 22.9 Å². The summed E-state index contributed by atoms with van der Waals surface area (Å²) in [5.41, 5.74) is 0.898. The van der Waals surface area contributed by atoms with Crippen molar-refractivity contribution in [2.45, 2.75) is 6.42 Å². The molecule has 0 aromatic carbocycles. The van der Waals surface area contributed by atoms with Gasteiger partial charge in [0.25, 0.3) is 5.24 Å². The summed E-state index contributed by atoms with van der Waals surface area (Å²) >= 11 is 1.07. The van der Waals surface area contributed by atoms with Crippen molar-refractivity contribution < 1.29 is 9.59 Å². The van der Waals surface area contributed by atoms with Gasteiger partial charge in [0.2, 0.25) is 5.91 Å². The molecule has 4 nitrogen and oxygen atoms in total. The van der Waals surface area contributed by atoms with Crippen molar-refractivity contribution in [3.05, 3.63) is 30.1 Å². The monoisotopic (exact) mass is 222 g/mol. The number of pyridine rings is 1. The average molecular weight is 222 g/mol. The number of rotatable bonds is 3. The van der Waals surface area contributed by atoms with Gasteiger partial charge in [0.15, 0.2) is 0 Å². The summed E-state index contributed by atoms with van der Waals surface area (Å²) in [5, 5.41) is -0.143. The van der Waals surface area contributed by atoms with Crippen LogP contribution in [0, 0.1) is 0 Å². The first-order chi connectivity index (χ1) is 7.27. The summed E-state index contributed by atoms with van der Waals surface area (Å²) in [6.07, 6.45) is 2.33. The lowest BCUT2D eigenvalue weighted by atomic mass is 10.2. The highest BCUT2D eigenvalue weighted by Gasteiger charge is 2.29. The number of thioether (sulfide) groups is 1. The SMILES string of the molecule is O=C1CSC(=O)N1CCc1ccccn1. The molecule has 2 heterocycles. The van der Waals surface area contributed by atoms with Gasteiger partial charge in [0.1, 0.15) is 0 Å². The lowest BCUT2D eigenvalue weighted by Gasteiger charge is -2.11. The lowest BCUT2D eigenvalue weighted by Crippen LogP contribution is -2.30. The van der Waals surface area contributed by atoms with Gasteiger partial charge in [-0.15, -0.1) is 0 Å². The number of amides is 2. The Hall–Kier alpha value is -1.36. The fourth-order valence-corrected chi connectivity index (χ4v) is 2.12. The third kappa shape index (κ3) is 2.36. The molecule has 1 saturated heterocycles. The Morgan fingerprint density at radius 3 is 2.87 bits per heavy atom. The second-order valence-corrected chi connectivity index (χ2v) is 4.10. The molecule has 0 bridgehead atoms. The van der Waals surface area contributed by atoms with Crippen molar-refractivity contribution in [3.8, 4) is 0 Å². The second kappa shape index (κ2) is 4.44. The minimum atomic E-state index is -0.143. The molecule has 0 atom stereocenters. The van der Waals surface area contributed by atoms with Crippen LogP contribution in [0.2, 0.25) is 0 Å². The molecule has 1 aliphatic rings. The third-order valence-corrected chi connectivity index (χ3v) is 3.02. The first kappa shape index (κ1) is 10.2. The molecule has 1 aromatic heterocycles. The number of imide groups is 1. The minimum Gasteiger partial charge on any atom is -0.273 e. The van der Waals surface area contributed by atoms with Crippen molar-refractivity contribution in [2.24, 2.45) is 0 Å². The Kier molecular flexibility index (Phi) is 3.01. The predicted octanol–water partition coefficient (Wildman–Crippen LogP) is 1.32. The lowest BCUT2D eigenvalue weighted by molar-refractivity contribution is -0.124. The number of hydrogen-bond acceptors (Lipinski definition) is 4. The van der Waals surface area contributed by atoms with E-state index in [0.717, 1.165) is 17.5 Å².